The Bertz CT molecular complexity index is 88.4. The fraction of sp³-hybridized carbons (Fsp3) is 0.714. The second kappa shape index (κ2) is 2.31. The molecule has 1 nitrogen and oxygen atoms in total. The van der Waals surface area contributed by atoms with Crippen molar-refractivity contribution in [3.8, 4) is 0 Å². The van der Waals surface area contributed by atoms with Gasteiger partial charge in [-0.1, -0.05) is 13.0 Å². The zero-order valence-corrected chi connectivity index (χ0v) is 5.35. The minimum atomic E-state index is 0.588. The first-order chi connectivity index (χ1) is 3.83. The molecule has 0 spiro atoms. The van der Waals surface area contributed by atoms with Gasteiger partial charge in [0.25, 0.3) is 0 Å². The van der Waals surface area contributed by atoms with Gasteiger partial charge in [0.1, 0.15) is 0 Å². The average molecular weight is 111 g/mol. The molecule has 0 aromatic rings. The van der Waals surface area contributed by atoms with Crippen LogP contribution in [0.1, 0.15) is 13.3 Å². The summed E-state index contributed by atoms with van der Waals surface area (Å²) < 4.78 is 0. The van der Waals surface area contributed by atoms with Crippen LogP contribution < -0.4 is 5.32 Å². The van der Waals surface area contributed by atoms with E-state index < -0.39 is 0 Å². The zero-order chi connectivity index (χ0) is 5.98. The summed E-state index contributed by atoms with van der Waals surface area (Å²) in [4.78, 5) is 0. The van der Waals surface area contributed by atoms with Gasteiger partial charge in [-0.15, -0.1) is 6.58 Å². The van der Waals surface area contributed by atoms with Crippen molar-refractivity contribution in [2.75, 3.05) is 6.54 Å². The highest BCUT2D eigenvalue weighted by Gasteiger charge is 2.16. The van der Waals surface area contributed by atoms with E-state index in [1.165, 1.54) is 6.42 Å². The van der Waals surface area contributed by atoms with E-state index in [9.17, 15) is 0 Å². The van der Waals surface area contributed by atoms with Crippen LogP contribution in [0.3, 0.4) is 0 Å². The Balaban J connectivity index is 2.32. The van der Waals surface area contributed by atoms with E-state index >= 15 is 0 Å². The van der Waals surface area contributed by atoms with E-state index in [0.29, 0.717) is 6.04 Å². The normalized spacial score (nSPS) is 37.6. The van der Waals surface area contributed by atoms with Gasteiger partial charge in [0.15, 0.2) is 0 Å². The summed E-state index contributed by atoms with van der Waals surface area (Å²) in [6.45, 7) is 7.14. The summed E-state index contributed by atoms with van der Waals surface area (Å²) in [5.41, 5.74) is 0. The summed E-state index contributed by atoms with van der Waals surface area (Å²) in [5.74, 6) is 0.845. The fourth-order valence-corrected chi connectivity index (χ4v) is 1.13. The van der Waals surface area contributed by atoms with Crippen LogP contribution >= 0.6 is 0 Å². The Morgan fingerprint density at radius 1 is 1.75 bits per heavy atom. The number of nitrogens with one attached hydrogen (secondary N) is 1. The second-order valence-electron chi connectivity index (χ2n) is 2.59. The van der Waals surface area contributed by atoms with Crippen LogP contribution in [0.4, 0.5) is 0 Å². The van der Waals surface area contributed by atoms with Crippen molar-refractivity contribution in [1.29, 1.82) is 0 Å². The highest BCUT2D eigenvalue weighted by atomic mass is 14.9. The maximum Gasteiger partial charge on any atom is 0.0250 e. The average Bonchev–Trinajstić information content (AvgIpc) is 2.14. The van der Waals surface area contributed by atoms with E-state index in [0.717, 1.165) is 12.5 Å². The lowest BCUT2D eigenvalue weighted by atomic mass is 10.1. The third-order valence-electron chi connectivity index (χ3n) is 1.67. The molecular weight excluding hydrogens is 98.1 g/mol. The molecule has 0 amide bonds. The Kier molecular flexibility index (Phi) is 1.69. The quantitative estimate of drug-likeness (QED) is 0.501. The van der Waals surface area contributed by atoms with Crippen molar-refractivity contribution in [2.24, 2.45) is 5.92 Å². The predicted octanol–water partition coefficient (Wildman–Crippen LogP) is 1.17. The second-order valence-corrected chi connectivity index (χ2v) is 2.59. The van der Waals surface area contributed by atoms with Crippen molar-refractivity contribution >= 4 is 0 Å². The van der Waals surface area contributed by atoms with Crippen molar-refractivity contribution in [3.63, 3.8) is 0 Å². The minimum absolute atomic E-state index is 0.588. The summed E-state index contributed by atoms with van der Waals surface area (Å²) in [6, 6.07) is 0.588. The Hall–Kier alpha value is -0.300. The molecule has 0 radical (unpaired) electrons. The lowest BCUT2D eigenvalue weighted by molar-refractivity contribution is 0.641. The van der Waals surface area contributed by atoms with Crippen LogP contribution in [0.15, 0.2) is 12.7 Å². The first-order valence-corrected chi connectivity index (χ1v) is 3.19. The maximum atomic E-state index is 3.71. The Morgan fingerprint density at radius 3 is 2.75 bits per heavy atom. The Labute approximate surface area is 50.8 Å². The lowest BCUT2D eigenvalue weighted by Crippen LogP contribution is -2.17. The molecule has 0 bridgehead atoms. The molecule has 1 saturated heterocycles. The van der Waals surface area contributed by atoms with Gasteiger partial charge in [0.2, 0.25) is 0 Å². The molecule has 0 aromatic heterocycles. The van der Waals surface area contributed by atoms with Crippen LogP contribution in [0.5, 0.6) is 0 Å². The monoisotopic (exact) mass is 111 g/mol. The van der Waals surface area contributed by atoms with Gasteiger partial charge in [-0.3, -0.25) is 0 Å². The molecule has 1 aliphatic rings. The Morgan fingerprint density at radius 2 is 2.50 bits per heavy atom. The molecule has 0 aliphatic carbocycles. The third-order valence-corrected chi connectivity index (χ3v) is 1.67. The molecule has 2 atom stereocenters. The maximum absolute atomic E-state index is 3.71. The first kappa shape index (κ1) is 5.83. The standard InChI is InChI=1S/C7H13N/c1-3-7-4-6(2)5-8-7/h3,6-8H,1,4-5H2,2H3. The number of hydrogen-bond donors (Lipinski definition) is 1. The van der Waals surface area contributed by atoms with E-state index in [-0.39, 0.29) is 0 Å². The summed E-state index contributed by atoms with van der Waals surface area (Å²) in [6.07, 6.45) is 3.26. The van der Waals surface area contributed by atoms with Gasteiger partial charge in [-0.2, -0.15) is 0 Å². The highest BCUT2D eigenvalue weighted by Crippen LogP contribution is 2.12. The van der Waals surface area contributed by atoms with Gasteiger partial charge in [-0.05, 0) is 18.9 Å². The fourth-order valence-electron chi connectivity index (χ4n) is 1.13. The number of rotatable bonds is 1. The molecule has 0 aromatic carbocycles. The molecule has 0 saturated carbocycles. The molecule has 46 valence electrons. The molecule has 1 rings (SSSR count). The van der Waals surface area contributed by atoms with Gasteiger partial charge >= 0.3 is 0 Å². The van der Waals surface area contributed by atoms with E-state index in [2.05, 4.69) is 18.8 Å². The van der Waals surface area contributed by atoms with E-state index in [4.69, 9.17) is 0 Å². The largest absolute Gasteiger partial charge is 0.310 e. The topological polar surface area (TPSA) is 12.0 Å². The molecule has 8 heavy (non-hydrogen) atoms. The van der Waals surface area contributed by atoms with E-state index in [1.54, 1.807) is 0 Å². The van der Waals surface area contributed by atoms with Crippen LogP contribution in [0, 0.1) is 5.92 Å². The molecular formula is C7H13N. The minimum Gasteiger partial charge on any atom is -0.310 e. The molecule has 1 aliphatic heterocycles. The highest BCUT2D eigenvalue weighted by molar-refractivity contribution is 4.91. The van der Waals surface area contributed by atoms with Crippen LogP contribution in [-0.4, -0.2) is 12.6 Å². The van der Waals surface area contributed by atoms with Crippen molar-refractivity contribution < 1.29 is 0 Å². The van der Waals surface area contributed by atoms with Gasteiger partial charge in [-0.25, -0.2) is 0 Å². The first-order valence-electron chi connectivity index (χ1n) is 3.19. The van der Waals surface area contributed by atoms with Crippen LogP contribution in [0.25, 0.3) is 0 Å². The van der Waals surface area contributed by atoms with Gasteiger partial charge in [0.05, 0.1) is 0 Å². The summed E-state index contributed by atoms with van der Waals surface area (Å²) in [5, 5.41) is 3.34. The summed E-state index contributed by atoms with van der Waals surface area (Å²) >= 11 is 0. The third kappa shape index (κ3) is 1.10. The predicted molar refractivity (Wildman–Crippen MR) is 35.8 cm³/mol. The van der Waals surface area contributed by atoms with Crippen molar-refractivity contribution in [1.82, 2.24) is 5.32 Å². The van der Waals surface area contributed by atoms with Crippen LogP contribution in [0.2, 0.25) is 0 Å². The van der Waals surface area contributed by atoms with Crippen molar-refractivity contribution in [2.45, 2.75) is 19.4 Å². The molecule has 2 unspecified atom stereocenters. The van der Waals surface area contributed by atoms with Gasteiger partial charge in [0, 0.05) is 6.04 Å². The van der Waals surface area contributed by atoms with E-state index in [1.807, 2.05) is 6.08 Å². The zero-order valence-electron chi connectivity index (χ0n) is 5.35. The van der Waals surface area contributed by atoms with Crippen molar-refractivity contribution in [3.05, 3.63) is 12.7 Å². The SMILES string of the molecule is C=CC1CC(C)CN1. The smallest absolute Gasteiger partial charge is 0.0250 e. The molecule has 1 heteroatoms. The lowest BCUT2D eigenvalue weighted by Gasteiger charge is -1.98. The van der Waals surface area contributed by atoms with Crippen LogP contribution in [-0.2, 0) is 0 Å². The number of hydrogen-bond acceptors (Lipinski definition) is 1. The molecule has 1 fully saturated rings. The molecule has 1 N–H and O–H groups in total. The molecule has 1 heterocycles. The van der Waals surface area contributed by atoms with Gasteiger partial charge < -0.3 is 5.32 Å². The summed E-state index contributed by atoms with van der Waals surface area (Å²) in [7, 11) is 0.